The van der Waals surface area contributed by atoms with Crippen LogP contribution in [0.15, 0.2) is 30.9 Å². The molecule has 6 nitrogen and oxygen atoms in total. The van der Waals surface area contributed by atoms with Crippen LogP contribution in [-0.2, 0) is 6.54 Å². The van der Waals surface area contributed by atoms with E-state index < -0.39 is 0 Å². The highest BCUT2D eigenvalue weighted by Crippen LogP contribution is 2.04. The van der Waals surface area contributed by atoms with Crippen molar-refractivity contribution in [2.75, 3.05) is 24.2 Å². The summed E-state index contributed by atoms with van der Waals surface area (Å²) in [5, 5.41) is 10.2. The highest BCUT2D eigenvalue weighted by atomic mass is 15.3. The van der Waals surface area contributed by atoms with Crippen molar-refractivity contribution in [3.8, 4) is 0 Å². The third-order valence-electron chi connectivity index (χ3n) is 2.10. The predicted molar refractivity (Wildman–Crippen MR) is 62.3 cm³/mol. The van der Waals surface area contributed by atoms with Gasteiger partial charge in [0.25, 0.3) is 0 Å². The third-order valence-corrected chi connectivity index (χ3v) is 2.10. The lowest BCUT2D eigenvalue weighted by Crippen LogP contribution is -2.12. The van der Waals surface area contributed by atoms with Crippen molar-refractivity contribution in [1.82, 2.24) is 19.7 Å². The standard InChI is InChI=1S/C10H14N6/c1-11-9-7-12-8-10(15-9)13-4-6-16-5-2-3-14-16/h2-3,5,7-8H,4,6H2,1H3,(H2,11,13,15). The molecule has 0 unspecified atom stereocenters. The zero-order valence-corrected chi connectivity index (χ0v) is 9.09. The average molecular weight is 218 g/mol. The fourth-order valence-corrected chi connectivity index (χ4v) is 1.30. The maximum Gasteiger partial charge on any atom is 0.147 e. The molecule has 84 valence electrons. The lowest BCUT2D eigenvalue weighted by Gasteiger charge is -2.06. The Morgan fingerprint density at radius 1 is 1.31 bits per heavy atom. The Morgan fingerprint density at radius 3 is 2.94 bits per heavy atom. The first kappa shape index (κ1) is 10.4. The zero-order chi connectivity index (χ0) is 11.2. The van der Waals surface area contributed by atoms with Crippen LogP contribution in [0.5, 0.6) is 0 Å². The van der Waals surface area contributed by atoms with Gasteiger partial charge in [-0.2, -0.15) is 5.10 Å². The van der Waals surface area contributed by atoms with Gasteiger partial charge in [0, 0.05) is 26.0 Å². The van der Waals surface area contributed by atoms with E-state index in [2.05, 4.69) is 25.7 Å². The van der Waals surface area contributed by atoms with Gasteiger partial charge >= 0.3 is 0 Å². The molecule has 6 heteroatoms. The van der Waals surface area contributed by atoms with Gasteiger partial charge in [0.1, 0.15) is 11.6 Å². The van der Waals surface area contributed by atoms with E-state index in [0.717, 1.165) is 24.7 Å². The maximum absolute atomic E-state index is 4.30. The number of hydrogen-bond donors (Lipinski definition) is 2. The van der Waals surface area contributed by atoms with E-state index in [4.69, 9.17) is 0 Å². The molecule has 0 bridgehead atoms. The lowest BCUT2D eigenvalue weighted by molar-refractivity contribution is 0.637. The molecule has 2 aromatic heterocycles. The number of hydrogen-bond acceptors (Lipinski definition) is 5. The minimum absolute atomic E-state index is 0.754. The van der Waals surface area contributed by atoms with Gasteiger partial charge in [-0.1, -0.05) is 0 Å². The molecule has 0 aliphatic heterocycles. The summed E-state index contributed by atoms with van der Waals surface area (Å²) < 4.78 is 1.86. The molecule has 0 atom stereocenters. The minimum atomic E-state index is 0.754. The summed E-state index contributed by atoms with van der Waals surface area (Å²) in [5.74, 6) is 1.52. The summed E-state index contributed by atoms with van der Waals surface area (Å²) in [5.41, 5.74) is 0. The molecule has 0 fully saturated rings. The van der Waals surface area contributed by atoms with Crippen LogP contribution in [0.4, 0.5) is 11.6 Å². The van der Waals surface area contributed by atoms with Crippen LogP contribution in [-0.4, -0.2) is 33.3 Å². The van der Waals surface area contributed by atoms with Gasteiger partial charge < -0.3 is 10.6 Å². The smallest absolute Gasteiger partial charge is 0.147 e. The molecule has 2 aromatic rings. The Bertz CT molecular complexity index is 425. The average Bonchev–Trinajstić information content (AvgIpc) is 2.82. The summed E-state index contributed by atoms with van der Waals surface area (Å²) in [6, 6.07) is 1.90. The van der Waals surface area contributed by atoms with Gasteiger partial charge in [0.2, 0.25) is 0 Å². The normalized spacial score (nSPS) is 10.1. The highest BCUT2D eigenvalue weighted by Gasteiger charge is 1.96. The molecular formula is C10H14N6. The monoisotopic (exact) mass is 218 g/mol. The third kappa shape index (κ3) is 2.69. The number of nitrogens with one attached hydrogen (secondary N) is 2. The molecule has 0 saturated heterocycles. The Morgan fingerprint density at radius 2 is 2.19 bits per heavy atom. The van der Waals surface area contributed by atoms with Crippen molar-refractivity contribution in [2.24, 2.45) is 0 Å². The first-order valence-electron chi connectivity index (χ1n) is 5.09. The molecule has 0 saturated carbocycles. The van der Waals surface area contributed by atoms with E-state index in [-0.39, 0.29) is 0 Å². The van der Waals surface area contributed by atoms with Gasteiger partial charge in [0.05, 0.1) is 18.9 Å². The number of rotatable bonds is 5. The van der Waals surface area contributed by atoms with Gasteiger partial charge in [-0.3, -0.25) is 9.67 Å². The first-order chi connectivity index (χ1) is 7.88. The Balaban J connectivity index is 1.85. The molecule has 0 radical (unpaired) electrons. The van der Waals surface area contributed by atoms with Crippen molar-refractivity contribution in [3.63, 3.8) is 0 Å². The molecule has 2 rings (SSSR count). The summed E-state index contributed by atoms with van der Waals surface area (Å²) >= 11 is 0. The maximum atomic E-state index is 4.30. The number of aromatic nitrogens is 4. The summed E-state index contributed by atoms with van der Waals surface area (Å²) in [6.07, 6.45) is 7.07. The molecule has 0 spiro atoms. The second-order valence-electron chi connectivity index (χ2n) is 3.24. The lowest BCUT2D eigenvalue weighted by atomic mass is 10.5. The summed E-state index contributed by atoms with van der Waals surface area (Å²) in [4.78, 5) is 8.36. The van der Waals surface area contributed by atoms with E-state index in [9.17, 15) is 0 Å². The van der Waals surface area contributed by atoms with Gasteiger partial charge in [-0.05, 0) is 6.07 Å². The van der Waals surface area contributed by atoms with Crippen LogP contribution in [0.2, 0.25) is 0 Å². The van der Waals surface area contributed by atoms with Crippen LogP contribution in [0.1, 0.15) is 0 Å². The van der Waals surface area contributed by atoms with Crippen LogP contribution < -0.4 is 10.6 Å². The zero-order valence-electron chi connectivity index (χ0n) is 9.09. The van der Waals surface area contributed by atoms with Gasteiger partial charge in [-0.25, -0.2) is 4.98 Å². The summed E-state index contributed by atoms with van der Waals surface area (Å²) in [7, 11) is 1.82. The molecule has 0 aliphatic rings. The van der Waals surface area contributed by atoms with Crippen molar-refractivity contribution < 1.29 is 0 Å². The first-order valence-corrected chi connectivity index (χ1v) is 5.09. The van der Waals surface area contributed by atoms with Crippen LogP contribution in [0.25, 0.3) is 0 Å². The SMILES string of the molecule is CNc1cncc(NCCn2cccn2)n1. The molecule has 0 aliphatic carbocycles. The highest BCUT2D eigenvalue weighted by molar-refractivity contribution is 5.40. The molecular weight excluding hydrogens is 204 g/mol. The van der Waals surface area contributed by atoms with Crippen molar-refractivity contribution in [1.29, 1.82) is 0 Å². The molecule has 2 heterocycles. The van der Waals surface area contributed by atoms with Crippen molar-refractivity contribution in [2.45, 2.75) is 6.54 Å². The van der Waals surface area contributed by atoms with Gasteiger partial charge in [0.15, 0.2) is 0 Å². The number of anilines is 2. The van der Waals surface area contributed by atoms with Crippen LogP contribution in [0, 0.1) is 0 Å². The molecule has 16 heavy (non-hydrogen) atoms. The Kier molecular flexibility index (Phi) is 3.32. The van der Waals surface area contributed by atoms with Crippen LogP contribution >= 0.6 is 0 Å². The van der Waals surface area contributed by atoms with E-state index in [1.807, 2.05) is 24.0 Å². The van der Waals surface area contributed by atoms with Gasteiger partial charge in [-0.15, -0.1) is 0 Å². The fourth-order valence-electron chi connectivity index (χ4n) is 1.30. The Hall–Kier alpha value is -2.11. The minimum Gasteiger partial charge on any atom is -0.372 e. The molecule has 2 N–H and O–H groups in total. The fraction of sp³-hybridized carbons (Fsp3) is 0.300. The molecule has 0 aromatic carbocycles. The Labute approximate surface area is 93.7 Å². The van der Waals surface area contributed by atoms with Crippen LogP contribution in [0.3, 0.4) is 0 Å². The van der Waals surface area contributed by atoms with E-state index in [1.54, 1.807) is 18.6 Å². The predicted octanol–water partition coefficient (Wildman–Crippen LogP) is 0.827. The second kappa shape index (κ2) is 5.11. The second-order valence-corrected chi connectivity index (χ2v) is 3.24. The largest absolute Gasteiger partial charge is 0.372 e. The summed E-state index contributed by atoms with van der Waals surface area (Å²) in [6.45, 7) is 1.57. The van der Waals surface area contributed by atoms with E-state index in [0.29, 0.717) is 0 Å². The van der Waals surface area contributed by atoms with E-state index in [1.165, 1.54) is 0 Å². The number of nitrogens with zero attached hydrogens (tertiary/aromatic N) is 4. The molecule has 0 amide bonds. The topological polar surface area (TPSA) is 67.7 Å². The van der Waals surface area contributed by atoms with Crippen molar-refractivity contribution >= 4 is 11.6 Å². The van der Waals surface area contributed by atoms with Crippen molar-refractivity contribution in [3.05, 3.63) is 30.9 Å². The van der Waals surface area contributed by atoms with E-state index >= 15 is 0 Å². The quantitative estimate of drug-likeness (QED) is 0.778.